The second-order valence-corrected chi connectivity index (χ2v) is 14.2. The molecular formula is C29H27F5O6S2. The first-order valence-corrected chi connectivity index (χ1v) is 16.2. The van der Waals surface area contributed by atoms with Gasteiger partial charge in [-0.25, -0.2) is 25.6 Å². The molecule has 0 amide bonds. The summed E-state index contributed by atoms with van der Waals surface area (Å²) in [5, 5.41) is -1.96. The van der Waals surface area contributed by atoms with E-state index in [0.29, 0.717) is 36.8 Å². The Morgan fingerprint density at radius 3 is 2.12 bits per heavy atom. The van der Waals surface area contributed by atoms with Gasteiger partial charge in [-0.2, -0.15) is 13.2 Å². The Morgan fingerprint density at radius 2 is 1.52 bits per heavy atom. The van der Waals surface area contributed by atoms with Crippen molar-refractivity contribution in [1.82, 2.24) is 0 Å². The van der Waals surface area contributed by atoms with E-state index in [1.807, 2.05) is 0 Å². The number of fused-ring (bicyclic) bond motifs is 1. The van der Waals surface area contributed by atoms with E-state index in [9.17, 15) is 39.2 Å². The fourth-order valence-corrected chi connectivity index (χ4v) is 8.65. The van der Waals surface area contributed by atoms with E-state index in [1.165, 1.54) is 24.3 Å². The number of carbonyl (C=O) groups is 1. The van der Waals surface area contributed by atoms with Crippen molar-refractivity contribution in [2.24, 2.45) is 11.8 Å². The van der Waals surface area contributed by atoms with Crippen LogP contribution in [0.1, 0.15) is 42.6 Å². The number of benzene rings is 3. The molecule has 0 aliphatic carbocycles. The molecule has 0 saturated heterocycles. The summed E-state index contributed by atoms with van der Waals surface area (Å²) >= 11 is 0. The number of ketones is 1. The fourth-order valence-electron chi connectivity index (χ4n) is 5.21. The molecular weight excluding hydrogens is 603 g/mol. The van der Waals surface area contributed by atoms with Gasteiger partial charge < -0.3 is 4.74 Å². The quantitative estimate of drug-likeness (QED) is 0.242. The molecule has 13 heteroatoms. The van der Waals surface area contributed by atoms with Crippen LogP contribution in [0, 0.1) is 23.5 Å². The van der Waals surface area contributed by atoms with E-state index in [2.05, 4.69) is 0 Å². The van der Waals surface area contributed by atoms with Gasteiger partial charge in [0.15, 0.2) is 31.2 Å². The van der Waals surface area contributed by atoms with Gasteiger partial charge in [0, 0.05) is 18.3 Å². The molecule has 0 fully saturated rings. The Balaban J connectivity index is 1.83. The topological polar surface area (TPSA) is 94.6 Å². The highest BCUT2D eigenvalue weighted by Gasteiger charge is 2.48. The smallest absolute Gasteiger partial charge is 0.416 e. The first-order valence-electron chi connectivity index (χ1n) is 13.0. The van der Waals surface area contributed by atoms with Crippen molar-refractivity contribution in [3.63, 3.8) is 0 Å². The Kier molecular flexibility index (Phi) is 9.12. The highest BCUT2D eigenvalue weighted by atomic mass is 32.2. The van der Waals surface area contributed by atoms with Crippen molar-refractivity contribution < 1.29 is 48.3 Å². The molecule has 1 unspecified atom stereocenters. The van der Waals surface area contributed by atoms with Crippen LogP contribution in [-0.2, 0) is 30.6 Å². The van der Waals surface area contributed by atoms with Crippen LogP contribution in [0.15, 0.2) is 76.5 Å². The summed E-state index contributed by atoms with van der Waals surface area (Å²) in [6, 6.07) is 11.3. The number of hydrogen-bond acceptors (Lipinski definition) is 6. The van der Waals surface area contributed by atoms with Crippen molar-refractivity contribution in [1.29, 1.82) is 0 Å². The first kappa shape index (κ1) is 31.6. The summed E-state index contributed by atoms with van der Waals surface area (Å²) in [7, 11) is -8.71. The highest BCUT2D eigenvalue weighted by molar-refractivity contribution is 7.92. The molecule has 226 valence electrons. The van der Waals surface area contributed by atoms with Gasteiger partial charge in [0.05, 0.1) is 33.3 Å². The van der Waals surface area contributed by atoms with Gasteiger partial charge in [0.2, 0.25) is 0 Å². The molecule has 0 radical (unpaired) electrons. The Hall–Kier alpha value is -3.32. The molecule has 3 aromatic rings. The van der Waals surface area contributed by atoms with Crippen LogP contribution >= 0.6 is 0 Å². The van der Waals surface area contributed by atoms with Gasteiger partial charge in [-0.3, -0.25) is 4.79 Å². The average Bonchev–Trinajstić information content (AvgIpc) is 2.95. The number of carbonyl (C=O) groups excluding carboxylic acids is 1. The minimum absolute atomic E-state index is 0.0148. The minimum Gasteiger partial charge on any atom is -0.490 e. The molecule has 0 saturated carbocycles. The molecule has 0 bridgehead atoms. The van der Waals surface area contributed by atoms with Crippen LogP contribution in [0.25, 0.3) is 0 Å². The third kappa shape index (κ3) is 6.36. The standard InChI is InChI=1S/C29H27F5O6S2/c1-2-6-25(35)21(15-16-41(36,37)19-7-4-3-5-8-19)22-17-40-27-24(31)14-13-23(30)26(27)28(22)42(38,39)20-11-9-18(10-12-20)29(32,33)34/h3-5,7-14,21-22,28H,2,6,15-17H2,1H3/t21-,22-,28?/m0/s1. The number of halogens is 5. The van der Waals surface area contributed by atoms with E-state index >= 15 is 4.39 Å². The third-order valence-corrected chi connectivity index (χ3v) is 11.2. The summed E-state index contributed by atoms with van der Waals surface area (Å²) < 4.78 is 129. The monoisotopic (exact) mass is 630 g/mol. The van der Waals surface area contributed by atoms with Crippen molar-refractivity contribution in [3.8, 4) is 5.75 Å². The average molecular weight is 631 g/mol. The Morgan fingerprint density at radius 1 is 0.905 bits per heavy atom. The number of hydrogen-bond donors (Lipinski definition) is 0. The van der Waals surface area contributed by atoms with Gasteiger partial charge in [-0.1, -0.05) is 25.1 Å². The van der Waals surface area contributed by atoms with E-state index in [0.717, 1.165) is 6.07 Å². The second-order valence-electron chi connectivity index (χ2n) is 9.98. The molecule has 3 atom stereocenters. The first-order chi connectivity index (χ1) is 19.7. The summed E-state index contributed by atoms with van der Waals surface area (Å²) in [5.41, 5.74) is -1.82. The van der Waals surface area contributed by atoms with Crippen LogP contribution in [-0.4, -0.2) is 35.0 Å². The molecule has 1 aliphatic rings. The predicted molar refractivity (Wildman–Crippen MR) is 143 cm³/mol. The minimum atomic E-state index is -4.78. The number of rotatable bonds is 10. The van der Waals surface area contributed by atoms with Crippen LogP contribution < -0.4 is 4.74 Å². The Labute approximate surface area is 240 Å². The van der Waals surface area contributed by atoms with Gasteiger partial charge >= 0.3 is 6.18 Å². The normalized spacial score (nSPS) is 18.1. The van der Waals surface area contributed by atoms with E-state index in [4.69, 9.17) is 4.74 Å². The summed E-state index contributed by atoms with van der Waals surface area (Å²) in [4.78, 5) is 12.8. The lowest BCUT2D eigenvalue weighted by Gasteiger charge is -2.37. The van der Waals surface area contributed by atoms with Crippen LogP contribution in [0.3, 0.4) is 0 Å². The van der Waals surface area contributed by atoms with Crippen molar-refractivity contribution >= 4 is 25.5 Å². The van der Waals surface area contributed by atoms with Crippen LogP contribution in [0.2, 0.25) is 0 Å². The van der Waals surface area contributed by atoms with E-state index in [-0.39, 0.29) is 17.7 Å². The van der Waals surface area contributed by atoms with Crippen molar-refractivity contribution in [2.45, 2.75) is 47.4 Å². The molecule has 3 aromatic carbocycles. The van der Waals surface area contributed by atoms with Crippen LogP contribution in [0.4, 0.5) is 22.0 Å². The summed E-state index contributed by atoms with van der Waals surface area (Å²) in [6.07, 6.45) is -4.83. The zero-order valence-electron chi connectivity index (χ0n) is 22.3. The predicted octanol–water partition coefficient (Wildman–Crippen LogP) is 6.36. The van der Waals surface area contributed by atoms with E-state index in [1.54, 1.807) is 13.0 Å². The third-order valence-electron chi connectivity index (χ3n) is 7.26. The Bertz CT molecular complexity index is 1660. The number of sulfone groups is 2. The molecule has 0 N–H and O–H groups in total. The zero-order valence-corrected chi connectivity index (χ0v) is 23.9. The molecule has 1 heterocycles. The summed E-state index contributed by atoms with van der Waals surface area (Å²) in [5.74, 6) is -6.64. The lowest BCUT2D eigenvalue weighted by Crippen LogP contribution is -2.40. The molecule has 0 aromatic heterocycles. The maximum absolute atomic E-state index is 15.3. The van der Waals surface area contributed by atoms with Crippen molar-refractivity contribution in [2.75, 3.05) is 12.4 Å². The lowest BCUT2D eigenvalue weighted by molar-refractivity contribution is -0.137. The fraction of sp³-hybridized carbons (Fsp3) is 0.345. The SMILES string of the molecule is CCCC(=O)[C@@H](CCS(=O)(=O)c1ccccc1)[C@@H]1COc2c(F)ccc(F)c2C1S(=O)(=O)c1ccc(C(F)(F)F)cc1. The molecule has 1 aliphatic heterocycles. The maximum Gasteiger partial charge on any atom is 0.416 e. The van der Waals surface area contributed by atoms with E-state index < -0.39 is 94.5 Å². The number of Topliss-reactive ketones (excluding diaryl/α,β-unsaturated/α-hetero) is 1. The largest absolute Gasteiger partial charge is 0.490 e. The number of ether oxygens (including phenoxy) is 1. The molecule has 0 spiro atoms. The second kappa shape index (κ2) is 12.1. The van der Waals surface area contributed by atoms with Gasteiger partial charge in [0.1, 0.15) is 16.9 Å². The number of alkyl halides is 3. The highest BCUT2D eigenvalue weighted by Crippen LogP contribution is 2.49. The molecule has 42 heavy (non-hydrogen) atoms. The zero-order chi connectivity index (χ0) is 30.9. The lowest BCUT2D eigenvalue weighted by atomic mass is 9.79. The van der Waals surface area contributed by atoms with Gasteiger partial charge in [0.25, 0.3) is 0 Å². The van der Waals surface area contributed by atoms with Gasteiger partial charge in [-0.05, 0) is 61.4 Å². The molecule has 6 nitrogen and oxygen atoms in total. The molecule has 4 rings (SSSR count). The van der Waals surface area contributed by atoms with Gasteiger partial charge in [-0.15, -0.1) is 0 Å². The summed E-state index contributed by atoms with van der Waals surface area (Å²) in [6.45, 7) is 1.11. The van der Waals surface area contributed by atoms with Crippen molar-refractivity contribution in [3.05, 3.63) is 89.5 Å². The van der Waals surface area contributed by atoms with Crippen LogP contribution in [0.5, 0.6) is 5.75 Å². The maximum atomic E-state index is 15.3.